The van der Waals surface area contributed by atoms with E-state index in [2.05, 4.69) is 12.2 Å². The smallest absolute Gasteiger partial charge is 0.291 e. The van der Waals surface area contributed by atoms with Crippen molar-refractivity contribution in [3.8, 4) is 11.3 Å². The van der Waals surface area contributed by atoms with Gasteiger partial charge >= 0.3 is 0 Å². The second-order valence-corrected chi connectivity index (χ2v) is 5.93. The average Bonchev–Trinajstić information content (AvgIpc) is 3.12. The Bertz CT molecular complexity index is 835. The van der Waals surface area contributed by atoms with Crippen LogP contribution in [0.15, 0.2) is 65.1 Å². The number of carbonyl (C=O) groups excluding carboxylic acids is 1. The van der Waals surface area contributed by atoms with Gasteiger partial charge < -0.3 is 9.73 Å². The lowest BCUT2D eigenvalue weighted by molar-refractivity contribution is 0.0997. The Hall–Kier alpha value is -2.88. The third-order valence-corrected chi connectivity index (χ3v) is 3.99. The molecule has 1 heterocycles. The predicted octanol–water partition coefficient (Wildman–Crippen LogP) is 5.68. The number of hydrogen-bond acceptors (Lipinski definition) is 2. The minimum absolute atomic E-state index is 0.217. The van der Waals surface area contributed by atoms with Gasteiger partial charge in [0.1, 0.15) is 11.6 Å². The maximum absolute atomic E-state index is 13.0. The quantitative estimate of drug-likeness (QED) is 0.628. The molecule has 0 aliphatic heterocycles. The number of benzene rings is 2. The fourth-order valence-corrected chi connectivity index (χ4v) is 2.56. The van der Waals surface area contributed by atoms with Gasteiger partial charge in [-0.3, -0.25) is 4.79 Å². The van der Waals surface area contributed by atoms with Crippen LogP contribution in [0.25, 0.3) is 11.3 Å². The molecule has 0 aliphatic carbocycles. The van der Waals surface area contributed by atoms with E-state index in [4.69, 9.17) is 4.42 Å². The number of hydrogen-bond donors (Lipinski definition) is 1. The number of amides is 1. The molecule has 3 rings (SSSR count). The summed E-state index contributed by atoms with van der Waals surface area (Å²) in [6, 6.07) is 17.1. The molecule has 4 heteroatoms. The van der Waals surface area contributed by atoms with E-state index in [9.17, 15) is 9.18 Å². The summed E-state index contributed by atoms with van der Waals surface area (Å²) < 4.78 is 18.6. The average molecular weight is 337 g/mol. The van der Waals surface area contributed by atoms with Crippen molar-refractivity contribution >= 4 is 11.6 Å². The molecule has 0 unspecified atom stereocenters. The molecular weight excluding hydrogens is 317 g/mol. The van der Waals surface area contributed by atoms with Gasteiger partial charge in [-0.2, -0.15) is 0 Å². The predicted molar refractivity (Wildman–Crippen MR) is 97.1 cm³/mol. The van der Waals surface area contributed by atoms with E-state index in [1.165, 1.54) is 17.7 Å². The van der Waals surface area contributed by atoms with Crippen molar-refractivity contribution in [2.45, 2.75) is 26.2 Å². The lowest BCUT2D eigenvalue weighted by Crippen LogP contribution is -2.10. The molecule has 0 saturated carbocycles. The highest BCUT2D eigenvalue weighted by Crippen LogP contribution is 2.23. The molecule has 0 bridgehead atoms. The van der Waals surface area contributed by atoms with Gasteiger partial charge in [0.25, 0.3) is 5.91 Å². The zero-order valence-electron chi connectivity index (χ0n) is 14.1. The Morgan fingerprint density at radius 3 is 2.40 bits per heavy atom. The number of carbonyl (C=O) groups is 1. The fourth-order valence-electron chi connectivity index (χ4n) is 2.56. The van der Waals surface area contributed by atoms with E-state index in [-0.39, 0.29) is 17.5 Å². The second-order valence-electron chi connectivity index (χ2n) is 5.93. The van der Waals surface area contributed by atoms with Crippen LogP contribution in [0.4, 0.5) is 10.1 Å². The molecule has 3 nitrogen and oxygen atoms in total. The molecule has 1 N–H and O–H groups in total. The summed E-state index contributed by atoms with van der Waals surface area (Å²) >= 11 is 0. The summed E-state index contributed by atoms with van der Waals surface area (Å²) in [4.78, 5) is 12.3. The first-order valence-corrected chi connectivity index (χ1v) is 8.42. The van der Waals surface area contributed by atoms with E-state index in [1.54, 1.807) is 24.3 Å². The molecule has 0 radical (unpaired) electrons. The molecule has 25 heavy (non-hydrogen) atoms. The monoisotopic (exact) mass is 337 g/mol. The van der Waals surface area contributed by atoms with Crippen molar-refractivity contribution in [2.75, 3.05) is 5.32 Å². The Balaban J connectivity index is 1.66. The van der Waals surface area contributed by atoms with E-state index >= 15 is 0 Å². The highest BCUT2D eigenvalue weighted by molar-refractivity contribution is 6.02. The van der Waals surface area contributed by atoms with Gasteiger partial charge in [-0.05, 0) is 66.9 Å². The minimum Gasteiger partial charge on any atom is -0.451 e. The molecule has 3 aromatic rings. The van der Waals surface area contributed by atoms with E-state index in [0.29, 0.717) is 5.76 Å². The number of anilines is 1. The normalized spacial score (nSPS) is 10.6. The zero-order valence-corrected chi connectivity index (χ0v) is 14.1. The van der Waals surface area contributed by atoms with E-state index in [0.717, 1.165) is 30.5 Å². The summed E-state index contributed by atoms with van der Waals surface area (Å²) in [5.74, 6) is 0.125. The molecule has 0 fully saturated rings. The van der Waals surface area contributed by atoms with Gasteiger partial charge in [-0.15, -0.1) is 0 Å². The molecule has 128 valence electrons. The van der Waals surface area contributed by atoms with Crippen LogP contribution in [-0.4, -0.2) is 5.91 Å². The molecule has 1 amide bonds. The van der Waals surface area contributed by atoms with Crippen LogP contribution < -0.4 is 5.32 Å². The summed E-state index contributed by atoms with van der Waals surface area (Å²) in [5, 5.41) is 2.82. The number of nitrogens with one attached hydrogen (secondary N) is 1. The number of halogens is 1. The van der Waals surface area contributed by atoms with Crippen LogP contribution in [0, 0.1) is 5.82 Å². The van der Waals surface area contributed by atoms with Crippen LogP contribution in [0.5, 0.6) is 0 Å². The van der Waals surface area contributed by atoms with Gasteiger partial charge in [0.05, 0.1) is 0 Å². The van der Waals surface area contributed by atoms with Gasteiger partial charge in [0, 0.05) is 11.3 Å². The molecule has 0 aliphatic rings. The lowest BCUT2D eigenvalue weighted by Gasteiger charge is -2.05. The second kappa shape index (κ2) is 7.79. The van der Waals surface area contributed by atoms with Crippen molar-refractivity contribution in [3.63, 3.8) is 0 Å². The van der Waals surface area contributed by atoms with Gasteiger partial charge in [0.2, 0.25) is 0 Å². The lowest BCUT2D eigenvalue weighted by atomic mass is 10.1. The van der Waals surface area contributed by atoms with E-state index < -0.39 is 0 Å². The highest BCUT2D eigenvalue weighted by atomic mass is 19.1. The summed E-state index contributed by atoms with van der Waals surface area (Å²) in [6.07, 6.45) is 3.36. The van der Waals surface area contributed by atoms with Crippen LogP contribution in [0.1, 0.15) is 35.9 Å². The van der Waals surface area contributed by atoms with Crippen molar-refractivity contribution in [1.29, 1.82) is 0 Å². The standard InChI is InChI=1S/C21H20FNO2/c1-2-3-4-15-5-11-18(12-6-15)23-21(24)20-14-13-19(25-20)16-7-9-17(22)10-8-16/h5-14H,2-4H2,1H3,(H,23,24). The van der Waals surface area contributed by atoms with Crippen LogP contribution in [0.2, 0.25) is 0 Å². The molecule has 0 saturated heterocycles. The van der Waals surface area contributed by atoms with Gasteiger partial charge in [0.15, 0.2) is 5.76 Å². The first-order chi connectivity index (χ1) is 12.2. The Morgan fingerprint density at radius 1 is 1.00 bits per heavy atom. The number of unbranched alkanes of at least 4 members (excludes halogenated alkanes) is 1. The Labute approximate surface area is 146 Å². The largest absolute Gasteiger partial charge is 0.451 e. The van der Waals surface area contributed by atoms with Crippen molar-refractivity contribution in [3.05, 3.63) is 77.8 Å². The summed E-state index contributed by atoms with van der Waals surface area (Å²) in [5.41, 5.74) is 2.71. The van der Waals surface area contributed by atoms with Crippen molar-refractivity contribution < 1.29 is 13.6 Å². The van der Waals surface area contributed by atoms with Crippen molar-refractivity contribution in [2.24, 2.45) is 0 Å². The Kier molecular flexibility index (Phi) is 5.29. The van der Waals surface area contributed by atoms with Gasteiger partial charge in [-0.1, -0.05) is 25.5 Å². The minimum atomic E-state index is -0.310. The van der Waals surface area contributed by atoms with Crippen LogP contribution in [-0.2, 0) is 6.42 Å². The third kappa shape index (κ3) is 4.35. The summed E-state index contributed by atoms with van der Waals surface area (Å²) in [7, 11) is 0. The zero-order chi connectivity index (χ0) is 17.6. The van der Waals surface area contributed by atoms with Crippen molar-refractivity contribution in [1.82, 2.24) is 0 Å². The van der Waals surface area contributed by atoms with Gasteiger partial charge in [-0.25, -0.2) is 4.39 Å². The summed E-state index contributed by atoms with van der Waals surface area (Å²) in [6.45, 7) is 2.16. The number of rotatable bonds is 6. The third-order valence-electron chi connectivity index (χ3n) is 3.99. The number of furan rings is 1. The first kappa shape index (κ1) is 17.0. The van der Waals surface area contributed by atoms with Crippen LogP contribution >= 0.6 is 0 Å². The first-order valence-electron chi connectivity index (χ1n) is 8.42. The van der Waals surface area contributed by atoms with E-state index in [1.807, 2.05) is 24.3 Å². The molecule has 2 aromatic carbocycles. The van der Waals surface area contributed by atoms with Crippen LogP contribution in [0.3, 0.4) is 0 Å². The molecular formula is C21H20FNO2. The molecule has 1 aromatic heterocycles. The topological polar surface area (TPSA) is 42.2 Å². The SMILES string of the molecule is CCCCc1ccc(NC(=O)c2ccc(-c3ccc(F)cc3)o2)cc1. The maximum atomic E-state index is 13.0. The maximum Gasteiger partial charge on any atom is 0.291 e. The molecule has 0 spiro atoms. The number of aryl methyl sites for hydroxylation is 1. The highest BCUT2D eigenvalue weighted by Gasteiger charge is 2.12. The Morgan fingerprint density at radius 2 is 1.72 bits per heavy atom. The molecule has 0 atom stereocenters. The fraction of sp³-hybridized carbons (Fsp3) is 0.190.